The molecule has 0 amide bonds. The largest absolute Gasteiger partial charge is 0.170 e. The van der Waals surface area contributed by atoms with E-state index in [1.165, 1.54) is 11.9 Å². The van der Waals surface area contributed by atoms with Crippen LogP contribution < -0.4 is 0 Å². The summed E-state index contributed by atoms with van der Waals surface area (Å²) in [5.41, 5.74) is 0.741. The number of nitrogens with zero attached hydrogens (tertiary/aromatic N) is 4. The zero-order valence-corrected chi connectivity index (χ0v) is 9.95. The van der Waals surface area contributed by atoms with Crippen molar-refractivity contribution in [2.24, 2.45) is 25.3 Å². The first-order chi connectivity index (χ1) is 7.03. The second-order valence-electron chi connectivity index (χ2n) is 4.08. The second kappa shape index (κ2) is 5.02. The molecular weight excluding hydrogens is 208 g/mol. The maximum absolute atomic E-state index is 4.05. The summed E-state index contributed by atoms with van der Waals surface area (Å²) in [6, 6.07) is 0. The van der Waals surface area contributed by atoms with Crippen LogP contribution in [0.4, 0.5) is 0 Å². The van der Waals surface area contributed by atoms with E-state index in [9.17, 15) is 0 Å². The van der Waals surface area contributed by atoms with Gasteiger partial charge in [-0.25, -0.2) is 0 Å². The summed E-state index contributed by atoms with van der Waals surface area (Å²) < 4.78 is 3.80. The zero-order valence-electron chi connectivity index (χ0n) is 9.14. The molecule has 1 aliphatic rings. The van der Waals surface area contributed by atoms with Crippen LogP contribution in [0.5, 0.6) is 0 Å². The van der Waals surface area contributed by atoms with Gasteiger partial charge >= 0.3 is 0 Å². The normalized spacial score (nSPS) is 22.1. The molecule has 0 aromatic rings. The third-order valence-corrected chi connectivity index (χ3v) is 1.99. The van der Waals surface area contributed by atoms with E-state index < -0.39 is 0 Å². The number of hydrogen-bond acceptors (Lipinski definition) is 5. The highest BCUT2D eigenvalue weighted by molar-refractivity contribution is 8.13. The topological polar surface area (TPSA) is 49.4 Å². The summed E-state index contributed by atoms with van der Waals surface area (Å²) in [6.07, 6.45) is 5.21. The predicted octanol–water partition coefficient (Wildman–Crippen LogP) is 3.60. The van der Waals surface area contributed by atoms with Gasteiger partial charge in [0.2, 0.25) is 0 Å². The molecule has 0 aromatic carbocycles. The molecule has 0 bridgehead atoms. The van der Waals surface area contributed by atoms with E-state index in [4.69, 9.17) is 0 Å². The Kier molecular flexibility index (Phi) is 3.96. The highest BCUT2D eigenvalue weighted by Crippen LogP contribution is 2.24. The van der Waals surface area contributed by atoms with Crippen LogP contribution in [0.1, 0.15) is 20.8 Å². The van der Waals surface area contributed by atoms with E-state index in [-0.39, 0.29) is 5.41 Å². The third kappa shape index (κ3) is 4.20. The number of rotatable bonds is 2. The molecule has 0 N–H and O–H groups in total. The SMILES string of the molecule is C=C/C=C1/N=NS/C1=N/N=C/C(C)(C)C. The van der Waals surface area contributed by atoms with E-state index in [0.29, 0.717) is 10.7 Å². The van der Waals surface area contributed by atoms with E-state index in [0.717, 1.165) is 0 Å². The van der Waals surface area contributed by atoms with E-state index in [1.807, 2.05) is 0 Å². The molecule has 0 saturated heterocycles. The van der Waals surface area contributed by atoms with Crippen molar-refractivity contribution in [3.05, 3.63) is 24.4 Å². The standard InChI is InChI=1S/C10H14N4S/c1-5-6-8-9(15-14-12-8)13-11-7-10(2,3)4/h5-7H,1H2,2-4H3/b8-6+,11-7+,13-9+. The highest BCUT2D eigenvalue weighted by Gasteiger charge is 2.13. The molecule has 5 heteroatoms. The minimum Gasteiger partial charge on any atom is -0.162 e. The summed E-state index contributed by atoms with van der Waals surface area (Å²) in [5.74, 6) is 0. The fourth-order valence-electron chi connectivity index (χ4n) is 0.733. The van der Waals surface area contributed by atoms with Gasteiger partial charge in [0, 0.05) is 6.21 Å². The van der Waals surface area contributed by atoms with E-state index >= 15 is 0 Å². The predicted molar refractivity (Wildman–Crippen MR) is 66.1 cm³/mol. The van der Waals surface area contributed by atoms with Crippen molar-refractivity contribution in [3.8, 4) is 0 Å². The molecule has 0 spiro atoms. The minimum absolute atomic E-state index is 0.0317. The molecule has 0 aliphatic carbocycles. The Hall–Kier alpha value is -1.23. The summed E-state index contributed by atoms with van der Waals surface area (Å²) in [4.78, 5) is 0. The highest BCUT2D eigenvalue weighted by atomic mass is 32.2. The number of allylic oxidation sites excluding steroid dienone is 2. The molecule has 0 radical (unpaired) electrons. The first-order valence-electron chi connectivity index (χ1n) is 4.56. The van der Waals surface area contributed by atoms with Crippen LogP contribution in [0.3, 0.4) is 0 Å². The van der Waals surface area contributed by atoms with Gasteiger partial charge in [0.15, 0.2) is 5.04 Å². The molecule has 0 atom stereocenters. The van der Waals surface area contributed by atoms with Crippen LogP contribution in [0, 0.1) is 5.41 Å². The molecule has 1 heterocycles. The Labute approximate surface area is 94.1 Å². The van der Waals surface area contributed by atoms with E-state index in [2.05, 4.69) is 47.2 Å². The van der Waals surface area contributed by atoms with Crippen molar-refractivity contribution in [2.75, 3.05) is 0 Å². The van der Waals surface area contributed by atoms with Gasteiger partial charge in [-0.3, -0.25) is 0 Å². The summed E-state index contributed by atoms with van der Waals surface area (Å²) in [7, 11) is 0. The van der Waals surface area contributed by atoms with Crippen molar-refractivity contribution in [1.82, 2.24) is 0 Å². The van der Waals surface area contributed by atoms with Gasteiger partial charge in [0.1, 0.15) is 5.70 Å². The summed E-state index contributed by atoms with van der Waals surface area (Å²) in [6.45, 7) is 9.79. The average Bonchev–Trinajstić information content (AvgIpc) is 2.51. The van der Waals surface area contributed by atoms with Gasteiger partial charge in [-0.2, -0.15) is 5.10 Å². The van der Waals surface area contributed by atoms with Crippen LogP contribution in [-0.2, 0) is 0 Å². The lowest BCUT2D eigenvalue weighted by Crippen LogP contribution is -2.05. The van der Waals surface area contributed by atoms with E-state index in [1.54, 1.807) is 18.4 Å². The van der Waals surface area contributed by atoms with Crippen molar-refractivity contribution in [3.63, 3.8) is 0 Å². The van der Waals surface area contributed by atoms with Crippen LogP contribution in [0.15, 0.2) is 44.3 Å². The fourth-order valence-corrected chi connectivity index (χ4v) is 1.23. The quantitative estimate of drug-likeness (QED) is 0.400. The van der Waals surface area contributed by atoms with Crippen LogP contribution in [0.2, 0.25) is 0 Å². The van der Waals surface area contributed by atoms with Crippen LogP contribution >= 0.6 is 11.9 Å². The first-order valence-corrected chi connectivity index (χ1v) is 5.33. The Bertz CT molecular complexity index is 358. The Morgan fingerprint density at radius 1 is 1.40 bits per heavy atom. The lowest BCUT2D eigenvalue weighted by molar-refractivity contribution is 0.605. The third-order valence-electron chi connectivity index (χ3n) is 1.36. The van der Waals surface area contributed by atoms with Crippen molar-refractivity contribution < 1.29 is 0 Å². The van der Waals surface area contributed by atoms with Gasteiger partial charge in [-0.15, -0.1) is 14.7 Å². The Morgan fingerprint density at radius 3 is 2.73 bits per heavy atom. The van der Waals surface area contributed by atoms with Gasteiger partial charge < -0.3 is 0 Å². The second-order valence-corrected chi connectivity index (χ2v) is 4.81. The van der Waals surface area contributed by atoms with Crippen molar-refractivity contribution >= 4 is 23.2 Å². The molecule has 0 unspecified atom stereocenters. The molecule has 0 aromatic heterocycles. The Morgan fingerprint density at radius 2 is 2.13 bits per heavy atom. The lowest BCUT2D eigenvalue weighted by atomic mass is 9.99. The molecule has 1 rings (SSSR count). The molecule has 1 aliphatic heterocycles. The summed E-state index contributed by atoms with van der Waals surface area (Å²) in [5, 5.41) is 12.7. The fraction of sp³-hybridized carbons (Fsp3) is 0.400. The smallest absolute Gasteiger partial charge is 0.162 e. The molecule has 80 valence electrons. The van der Waals surface area contributed by atoms with Crippen molar-refractivity contribution in [1.29, 1.82) is 0 Å². The number of hydrogen-bond donors (Lipinski definition) is 0. The van der Waals surface area contributed by atoms with Crippen LogP contribution in [-0.4, -0.2) is 11.3 Å². The van der Waals surface area contributed by atoms with Gasteiger partial charge in [-0.05, 0) is 11.5 Å². The first kappa shape index (κ1) is 11.8. The minimum atomic E-state index is 0.0317. The van der Waals surface area contributed by atoms with Crippen molar-refractivity contribution in [2.45, 2.75) is 20.8 Å². The molecular formula is C10H14N4S. The van der Waals surface area contributed by atoms with Gasteiger partial charge in [0.05, 0.1) is 11.9 Å². The van der Waals surface area contributed by atoms with Gasteiger partial charge in [0.25, 0.3) is 0 Å². The molecule has 0 saturated carbocycles. The zero-order chi connectivity index (χ0) is 11.3. The molecule has 15 heavy (non-hydrogen) atoms. The monoisotopic (exact) mass is 222 g/mol. The molecule has 0 fully saturated rings. The molecule has 4 nitrogen and oxygen atoms in total. The average molecular weight is 222 g/mol. The lowest BCUT2D eigenvalue weighted by Gasteiger charge is -2.07. The maximum Gasteiger partial charge on any atom is 0.170 e. The van der Waals surface area contributed by atoms with Crippen LogP contribution in [0.25, 0.3) is 0 Å². The Balaban J connectivity index is 2.73. The maximum atomic E-state index is 4.05. The summed E-state index contributed by atoms with van der Waals surface area (Å²) >= 11 is 1.22. The van der Waals surface area contributed by atoms with Gasteiger partial charge in [-0.1, -0.05) is 33.4 Å².